The van der Waals surface area contributed by atoms with E-state index in [4.69, 9.17) is 4.74 Å². The van der Waals surface area contributed by atoms with Crippen LogP contribution in [0.5, 0.6) is 5.75 Å². The van der Waals surface area contributed by atoms with Crippen LogP contribution in [-0.2, 0) is 4.79 Å². The molecular weight excluding hydrogens is 402 g/mol. The van der Waals surface area contributed by atoms with Gasteiger partial charge in [0.25, 0.3) is 5.69 Å². The van der Waals surface area contributed by atoms with Crippen LogP contribution in [0.25, 0.3) is 0 Å². The van der Waals surface area contributed by atoms with E-state index < -0.39 is 4.92 Å². The fraction of sp³-hybridized carbons (Fsp3) is 0.222. The molecule has 0 aliphatic rings. The SMILES string of the molecule is Cc1ccc(OCCCC(=O)N/N=C/c2ccccc2[N+](=O)[O-])c(Br)c1. The summed E-state index contributed by atoms with van der Waals surface area (Å²) in [7, 11) is 0. The predicted octanol–water partition coefficient (Wildman–Crippen LogP) is 3.98. The molecule has 2 rings (SSSR count). The van der Waals surface area contributed by atoms with Crippen LogP contribution in [0, 0.1) is 17.0 Å². The van der Waals surface area contributed by atoms with Crippen LogP contribution < -0.4 is 10.2 Å². The minimum Gasteiger partial charge on any atom is -0.492 e. The first-order chi connectivity index (χ1) is 12.5. The van der Waals surface area contributed by atoms with Gasteiger partial charge in [-0.15, -0.1) is 0 Å². The highest BCUT2D eigenvalue weighted by molar-refractivity contribution is 9.10. The van der Waals surface area contributed by atoms with Crippen molar-refractivity contribution in [2.75, 3.05) is 6.61 Å². The molecule has 0 saturated heterocycles. The molecule has 0 aliphatic heterocycles. The van der Waals surface area contributed by atoms with E-state index in [-0.39, 0.29) is 18.0 Å². The van der Waals surface area contributed by atoms with E-state index in [9.17, 15) is 14.9 Å². The number of hydrogen-bond donors (Lipinski definition) is 1. The molecular formula is C18H18BrN3O4. The second-order valence-electron chi connectivity index (χ2n) is 5.49. The Balaban J connectivity index is 1.75. The first-order valence-corrected chi connectivity index (χ1v) is 8.71. The third-order valence-corrected chi connectivity index (χ3v) is 4.04. The van der Waals surface area contributed by atoms with E-state index in [1.54, 1.807) is 18.2 Å². The molecule has 2 aromatic carbocycles. The topological polar surface area (TPSA) is 93.8 Å². The number of carbonyl (C=O) groups excluding carboxylic acids is 1. The molecule has 1 N–H and O–H groups in total. The number of amides is 1. The van der Waals surface area contributed by atoms with E-state index in [2.05, 4.69) is 26.5 Å². The zero-order valence-electron chi connectivity index (χ0n) is 14.1. The molecule has 136 valence electrons. The number of carbonyl (C=O) groups is 1. The monoisotopic (exact) mass is 419 g/mol. The summed E-state index contributed by atoms with van der Waals surface area (Å²) >= 11 is 3.43. The number of hydrogen-bond acceptors (Lipinski definition) is 5. The Morgan fingerprint density at radius 2 is 2.12 bits per heavy atom. The van der Waals surface area contributed by atoms with Crippen LogP contribution in [0.3, 0.4) is 0 Å². The van der Waals surface area contributed by atoms with Crippen molar-refractivity contribution in [2.24, 2.45) is 5.10 Å². The summed E-state index contributed by atoms with van der Waals surface area (Å²) in [6.45, 7) is 2.38. The lowest BCUT2D eigenvalue weighted by atomic mass is 10.2. The molecule has 0 radical (unpaired) electrons. The molecule has 7 nitrogen and oxygen atoms in total. The number of nitro benzene ring substituents is 1. The summed E-state index contributed by atoms with van der Waals surface area (Å²) in [6, 6.07) is 11.9. The Morgan fingerprint density at radius 3 is 2.85 bits per heavy atom. The molecule has 26 heavy (non-hydrogen) atoms. The number of benzene rings is 2. The Morgan fingerprint density at radius 1 is 1.35 bits per heavy atom. The van der Waals surface area contributed by atoms with Gasteiger partial charge in [-0.2, -0.15) is 5.10 Å². The number of rotatable bonds is 8. The minimum absolute atomic E-state index is 0.0671. The van der Waals surface area contributed by atoms with Crippen LogP contribution in [0.4, 0.5) is 5.69 Å². The van der Waals surface area contributed by atoms with Crippen molar-refractivity contribution in [3.63, 3.8) is 0 Å². The molecule has 8 heteroatoms. The summed E-state index contributed by atoms with van der Waals surface area (Å²) in [5, 5.41) is 14.7. The molecule has 0 fully saturated rings. The lowest BCUT2D eigenvalue weighted by molar-refractivity contribution is -0.385. The van der Waals surface area contributed by atoms with Gasteiger partial charge in [0.15, 0.2) is 0 Å². The predicted molar refractivity (Wildman–Crippen MR) is 102 cm³/mol. The van der Waals surface area contributed by atoms with Gasteiger partial charge in [-0.05, 0) is 53.0 Å². The van der Waals surface area contributed by atoms with Crippen LogP contribution in [0.15, 0.2) is 52.0 Å². The normalized spacial score (nSPS) is 10.7. The summed E-state index contributed by atoms with van der Waals surface area (Å²) < 4.78 is 6.49. The molecule has 0 aliphatic carbocycles. The van der Waals surface area contributed by atoms with Crippen LogP contribution in [0.1, 0.15) is 24.0 Å². The van der Waals surface area contributed by atoms with E-state index in [1.807, 2.05) is 25.1 Å². The zero-order chi connectivity index (χ0) is 18.9. The second kappa shape index (κ2) is 9.67. The molecule has 0 bridgehead atoms. The highest BCUT2D eigenvalue weighted by Crippen LogP contribution is 2.25. The van der Waals surface area contributed by atoms with Crippen molar-refractivity contribution in [1.82, 2.24) is 5.43 Å². The van der Waals surface area contributed by atoms with Crippen LogP contribution in [0.2, 0.25) is 0 Å². The fourth-order valence-electron chi connectivity index (χ4n) is 2.13. The maximum Gasteiger partial charge on any atom is 0.278 e. The van der Waals surface area contributed by atoms with Gasteiger partial charge in [0.05, 0.1) is 27.8 Å². The van der Waals surface area contributed by atoms with Crippen LogP contribution >= 0.6 is 15.9 Å². The lowest BCUT2D eigenvalue weighted by Crippen LogP contribution is -2.18. The Kier molecular flexibility index (Phi) is 7.28. The Hall–Kier alpha value is -2.74. The number of aryl methyl sites for hydroxylation is 1. The van der Waals surface area contributed by atoms with Gasteiger partial charge >= 0.3 is 0 Å². The molecule has 2 aromatic rings. The Labute approximate surface area is 159 Å². The maximum atomic E-state index is 11.8. The molecule has 0 spiro atoms. The summed E-state index contributed by atoms with van der Waals surface area (Å²) in [4.78, 5) is 22.1. The largest absolute Gasteiger partial charge is 0.492 e. The number of para-hydroxylation sites is 1. The van der Waals surface area contributed by atoms with Crippen molar-refractivity contribution in [2.45, 2.75) is 19.8 Å². The van der Waals surface area contributed by atoms with Crippen molar-refractivity contribution in [3.05, 3.63) is 68.2 Å². The first kappa shape index (κ1) is 19.6. The van der Waals surface area contributed by atoms with Crippen molar-refractivity contribution >= 4 is 33.7 Å². The van der Waals surface area contributed by atoms with Gasteiger partial charge in [0.1, 0.15) is 5.75 Å². The summed E-state index contributed by atoms with van der Waals surface area (Å²) in [6.07, 6.45) is 2.01. The second-order valence-corrected chi connectivity index (χ2v) is 6.35. The number of ether oxygens (including phenoxy) is 1. The van der Waals surface area contributed by atoms with E-state index in [0.29, 0.717) is 18.6 Å². The highest BCUT2D eigenvalue weighted by atomic mass is 79.9. The number of halogens is 1. The number of hydrazone groups is 1. The minimum atomic E-state index is -0.496. The van der Waals surface area contributed by atoms with Gasteiger partial charge in [-0.1, -0.05) is 18.2 Å². The highest BCUT2D eigenvalue weighted by Gasteiger charge is 2.10. The van der Waals surface area contributed by atoms with Crippen LogP contribution in [-0.4, -0.2) is 23.7 Å². The van der Waals surface area contributed by atoms with Crippen molar-refractivity contribution in [1.29, 1.82) is 0 Å². The number of nitrogens with one attached hydrogen (secondary N) is 1. The molecule has 1 amide bonds. The average molecular weight is 420 g/mol. The van der Waals surface area contributed by atoms with Crippen molar-refractivity contribution < 1.29 is 14.5 Å². The molecule has 0 unspecified atom stereocenters. The molecule has 0 heterocycles. The smallest absolute Gasteiger partial charge is 0.278 e. The average Bonchev–Trinajstić information content (AvgIpc) is 2.60. The third kappa shape index (κ3) is 5.96. The fourth-order valence-corrected chi connectivity index (χ4v) is 2.74. The van der Waals surface area contributed by atoms with Gasteiger partial charge in [-0.25, -0.2) is 5.43 Å². The summed E-state index contributed by atoms with van der Waals surface area (Å²) in [5.41, 5.74) is 3.74. The standard InChI is InChI=1S/C18H18BrN3O4/c1-13-8-9-17(15(19)11-13)26-10-4-7-18(23)21-20-12-14-5-2-3-6-16(14)22(24)25/h2-3,5-6,8-9,11-12H,4,7,10H2,1H3,(H,21,23)/b20-12+. The van der Waals surface area contributed by atoms with Gasteiger partial charge < -0.3 is 4.74 Å². The first-order valence-electron chi connectivity index (χ1n) is 7.91. The molecule has 0 atom stereocenters. The third-order valence-electron chi connectivity index (χ3n) is 3.42. The molecule has 0 aromatic heterocycles. The lowest BCUT2D eigenvalue weighted by Gasteiger charge is -2.08. The molecule has 0 saturated carbocycles. The van der Waals surface area contributed by atoms with E-state index in [1.165, 1.54) is 12.3 Å². The van der Waals surface area contributed by atoms with E-state index in [0.717, 1.165) is 15.8 Å². The Bertz CT molecular complexity index is 824. The van der Waals surface area contributed by atoms with Gasteiger partial charge in [0.2, 0.25) is 5.91 Å². The van der Waals surface area contributed by atoms with Gasteiger partial charge in [-0.3, -0.25) is 14.9 Å². The zero-order valence-corrected chi connectivity index (χ0v) is 15.7. The number of nitrogens with zero attached hydrogens (tertiary/aromatic N) is 2. The summed E-state index contributed by atoms with van der Waals surface area (Å²) in [5.74, 6) is 0.442. The number of nitro groups is 1. The maximum absolute atomic E-state index is 11.8. The van der Waals surface area contributed by atoms with Gasteiger partial charge in [0, 0.05) is 12.5 Å². The van der Waals surface area contributed by atoms with E-state index >= 15 is 0 Å². The van der Waals surface area contributed by atoms with Crippen molar-refractivity contribution in [3.8, 4) is 5.75 Å². The quantitative estimate of drug-likeness (QED) is 0.303.